The van der Waals surface area contributed by atoms with Gasteiger partial charge in [-0.2, -0.15) is 0 Å². The van der Waals surface area contributed by atoms with Crippen LogP contribution >= 0.6 is 11.0 Å². The molecular weight excluding hydrogens is 499 g/mol. The minimum absolute atomic E-state index is 0.0579. The average Bonchev–Trinajstić information content (AvgIpc) is 3.42. The number of likely N-dealkylation sites (tertiary alicyclic amines) is 1. The molecule has 0 saturated carbocycles. The van der Waals surface area contributed by atoms with Crippen LogP contribution in [0.2, 0.25) is 0 Å². The van der Waals surface area contributed by atoms with Crippen LogP contribution in [0, 0.1) is 5.82 Å². The molecule has 2 aromatic carbocycles. The zero-order valence-corrected chi connectivity index (χ0v) is 21.9. The Hall–Kier alpha value is -2.99. The third-order valence-electron chi connectivity index (χ3n) is 7.02. The summed E-state index contributed by atoms with van der Waals surface area (Å²) in [5.41, 5.74) is 0.733. The van der Waals surface area contributed by atoms with Gasteiger partial charge >= 0.3 is 6.01 Å². The number of phenolic OH excluding ortho intramolecular Hbond substituents is 1. The molecule has 3 aromatic rings. The predicted molar refractivity (Wildman–Crippen MR) is 141 cm³/mol. The fourth-order valence-electron chi connectivity index (χ4n) is 5.46. The Balaban J connectivity index is 1.43. The lowest BCUT2D eigenvalue weighted by molar-refractivity contribution is 0.107. The Kier molecular flexibility index (Phi) is 6.73. The predicted octanol–water partition coefficient (Wildman–Crippen LogP) is 5.64. The van der Waals surface area contributed by atoms with Crippen molar-refractivity contribution in [2.24, 2.45) is 0 Å². The number of ether oxygens (including phenoxy) is 1. The number of benzene rings is 2. The minimum atomic E-state index is -3.57. The van der Waals surface area contributed by atoms with Crippen LogP contribution in [-0.4, -0.2) is 54.9 Å². The average molecular weight is 533 g/mol. The summed E-state index contributed by atoms with van der Waals surface area (Å²) in [7, 11) is -3.57. The van der Waals surface area contributed by atoms with Gasteiger partial charge in [0.1, 0.15) is 12.1 Å². The number of rotatable bonds is 6. The van der Waals surface area contributed by atoms with E-state index >= 15 is 0 Å². The van der Waals surface area contributed by atoms with E-state index in [0.717, 1.165) is 5.56 Å². The Morgan fingerprint density at radius 1 is 1.24 bits per heavy atom. The maximum absolute atomic E-state index is 14.3. The van der Waals surface area contributed by atoms with Crippen LogP contribution in [0.5, 0.6) is 11.5 Å². The summed E-state index contributed by atoms with van der Waals surface area (Å²) in [4.78, 5) is 6.48. The van der Waals surface area contributed by atoms with Gasteiger partial charge < -0.3 is 14.3 Å². The first-order chi connectivity index (χ1) is 17.6. The number of nitrogens with zero attached hydrogens (tertiary/aromatic N) is 4. The first kappa shape index (κ1) is 25.7. The van der Waals surface area contributed by atoms with E-state index < -0.39 is 22.3 Å². The van der Waals surface area contributed by atoms with Gasteiger partial charge in [-0.3, -0.25) is 14.0 Å². The fraction of sp³-hybridized carbons (Fsp3) is 0.423. The van der Waals surface area contributed by atoms with Crippen LogP contribution in [0.3, 0.4) is 0 Å². The van der Waals surface area contributed by atoms with E-state index in [2.05, 4.69) is 16.8 Å². The van der Waals surface area contributed by atoms with Gasteiger partial charge in [0.2, 0.25) is 0 Å². The Morgan fingerprint density at radius 2 is 2.05 bits per heavy atom. The molecule has 1 spiro atoms. The Bertz CT molecular complexity index is 1240. The van der Waals surface area contributed by atoms with Crippen molar-refractivity contribution in [1.29, 1.82) is 0 Å². The van der Waals surface area contributed by atoms with Gasteiger partial charge in [0.05, 0.1) is 30.1 Å². The molecular formula is C26H33FN4O5S. The molecule has 11 heteroatoms. The highest BCUT2D eigenvalue weighted by Gasteiger charge is 2.58. The molecule has 1 aromatic heterocycles. The number of oxazole rings is 1. The molecule has 3 N–H and O–H groups in total. The van der Waals surface area contributed by atoms with Crippen molar-refractivity contribution in [3.63, 3.8) is 0 Å². The molecule has 3 heterocycles. The fourth-order valence-corrected chi connectivity index (χ4v) is 7.51. The summed E-state index contributed by atoms with van der Waals surface area (Å²) in [6, 6.07) is 11.5. The highest BCUT2D eigenvalue weighted by atomic mass is 32.3. The summed E-state index contributed by atoms with van der Waals surface area (Å²) in [6.07, 6.45) is 4.00. The Morgan fingerprint density at radius 3 is 2.73 bits per heavy atom. The lowest BCUT2D eigenvalue weighted by Gasteiger charge is -2.51. The number of hydrogen-bond acceptors (Lipinski definition) is 9. The molecule has 2 aliphatic heterocycles. The second-order valence-corrected chi connectivity index (χ2v) is 11.9. The molecule has 0 amide bonds. The molecule has 200 valence electrons. The standard InChI is InChI=1S/C26H33FN4O5S/c1-18(2)36-24-13-20(7-8-23(24)32)16-29-11-9-26(15-19(29)3)17-30(25-28-10-12-35-25)37(33,34)31(26)22-6-4-5-21(27)14-22/h4-8,10,12-14,18-19,32-34H,9,11,15-17H2,1-3H3/t19-,26+/m0/s1. The summed E-state index contributed by atoms with van der Waals surface area (Å²) >= 11 is 0. The molecule has 2 saturated heterocycles. The SMILES string of the molecule is CC(C)Oc1cc(CN2CC[C@@]3(C[C@@H]2C)CN(c2ncco2)S(O)(O)N3c2cccc(F)c2)ccc1O. The molecule has 0 unspecified atom stereocenters. The van der Waals surface area contributed by atoms with Crippen LogP contribution in [-0.2, 0) is 6.54 Å². The normalized spacial score (nSPS) is 24.7. The number of aromatic nitrogens is 1. The smallest absolute Gasteiger partial charge is 0.317 e. The molecule has 5 rings (SSSR count). The summed E-state index contributed by atoms with van der Waals surface area (Å²) in [6.45, 7) is 7.52. The van der Waals surface area contributed by atoms with E-state index in [1.807, 2.05) is 26.0 Å². The second kappa shape index (κ2) is 9.71. The van der Waals surface area contributed by atoms with Gasteiger partial charge in [-0.15, -0.1) is 0 Å². The lowest BCUT2D eigenvalue weighted by atomic mass is 9.82. The third kappa shape index (κ3) is 4.84. The van der Waals surface area contributed by atoms with Crippen molar-refractivity contribution < 1.29 is 27.8 Å². The summed E-state index contributed by atoms with van der Waals surface area (Å²) in [5, 5.41) is 10.2. The van der Waals surface area contributed by atoms with Crippen LogP contribution < -0.4 is 13.3 Å². The van der Waals surface area contributed by atoms with Gasteiger partial charge in [-0.25, -0.2) is 18.0 Å². The summed E-state index contributed by atoms with van der Waals surface area (Å²) < 4.78 is 51.4. The first-order valence-electron chi connectivity index (χ1n) is 12.3. The van der Waals surface area contributed by atoms with E-state index in [9.17, 15) is 18.6 Å². The van der Waals surface area contributed by atoms with Crippen molar-refractivity contribution in [2.75, 3.05) is 21.7 Å². The molecule has 2 aliphatic rings. The molecule has 9 nitrogen and oxygen atoms in total. The molecule has 37 heavy (non-hydrogen) atoms. The van der Waals surface area contributed by atoms with Gasteiger partial charge in [0, 0.05) is 19.1 Å². The molecule has 0 aliphatic carbocycles. The monoisotopic (exact) mass is 532 g/mol. The zero-order valence-electron chi connectivity index (χ0n) is 21.1. The molecule has 2 fully saturated rings. The van der Waals surface area contributed by atoms with E-state index in [1.165, 1.54) is 28.9 Å². The summed E-state index contributed by atoms with van der Waals surface area (Å²) in [5.74, 6) is 0.114. The lowest BCUT2D eigenvalue weighted by Crippen LogP contribution is -2.57. The highest BCUT2D eigenvalue weighted by Crippen LogP contribution is 2.62. The van der Waals surface area contributed by atoms with Gasteiger partial charge in [-0.1, -0.05) is 12.1 Å². The van der Waals surface area contributed by atoms with E-state index in [-0.39, 0.29) is 30.5 Å². The maximum atomic E-state index is 14.3. The van der Waals surface area contributed by atoms with Gasteiger partial charge in [0.15, 0.2) is 11.5 Å². The molecule has 0 bridgehead atoms. The van der Waals surface area contributed by atoms with Crippen LogP contribution in [0.1, 0.15) is 39.2 Å². The minimum Gasteiger partial charge on any atom is -0.504 e. The highest BCUT2D eigenvalue weighted by molar-refractivity contribution is 8.26. The van der Waals surface area contributed by atoms with E-state index in [1.54, 1.807) is 22.5 Å². The van der Waals surface area contributed by atoms with Crippen molar-refractivity contribution in [2.45, 2.75) is 57.8 Å². The third-order valence-corrected chi connectivity index (χ3v) is 8.99. The zero-order chi connectivity index (χ0) is 26.4. The van der Waals surface area contributed by atoms with Gasteiger partial charge in [-0.05, 0) is 80.5 Å². The van der Waals surface area contributed by atoms with Crippen molar-refractivity contribution in [1.82, 2.24) is 9.88 Å². The molecule has 2 atom stereocenters. The number of hydrogen-bond donors (Lipinski definition) is 3. The maximum Gasteiger partial charge on any atom is 0.317 e. The second-order valence-electron chi connectivity index (χ2n) is 10.1. The van der Waals surface area contributed by atoms with Gasteiger partial charge in [0.25, 0.3) is 0 Å². The largest absolute Gasteiger partial charge is 0.504 e. The molecule has 0 radical (unpaired) electrons. The number of anilines is 2. The van der Waals surface area contributed by atoms with Crippen molar-refractivity contribution in [3.05, 3.63) is 66.3 Å². The van der Waals surface area contributed by atoms with E-state index in [4.69, 9.17) is 9.15 Å². The van der Waals surface area contributed by atoms with Crippen LogP contribution in [0.4, 0.5) is 16.1 Å². The topological polar surface area (TPSA) is 106 Å². The van der Waals surface area contributed by atoms with E-state index in [0.29, 0.717) is 37.4 Å². The number of phenols is 1. The number of piperidine rings is 1. The van der Waals surface area contributed by atoms with Crippen molar-refractivity contribution >= 4 is 22.7 Å². The number of halogens is 1. The van der Waals surface area contributed by atoms with Crippen LogP contribution in [0.25, 0.3) is 0 Å². The van der Waals surface area contributed by atoms with Crippen LogP contribution in [0.15, 0.2) is 59.3 Å². The quantitative estimate of drug-likeness (QED) is 0.372. The number of aromatic hydroxyl groups is 1. The first-order valence-corrected chi connectivity index (χ1v) is 13.8. The van der Waals surface area contributed by atoms with Crippen molar-refractivity contribution in [3.8, 4) is 11.5 Å². The Labute approximate surface area is 217 Å².